The van der Waals surface area contributed by atoms with Crippen molar-refractivity contribution in [2.75, 3.05) is 7.11 Å². The van der Waals surface area contributed by atoms with E-state index in [1.807, 2.05) is 0 Å². The lowest BCUT2D eigenvalue weighted by molar-refractivity contribution is -0.0532. The minimum atomic E-state index is -4.37. The van der Waals surface area contributed by atoms with Crippen LogP contribution >= 0.6 is 7.60 Å². The van der Waals surface area contributed by atoms with E-state index in [0.717, 1.165) is 0 Å². The number of aryl methyl sites for hydroxylation is 1. The van der Waals surface area contributed by atoms with Gasteiger partial charge < -0.3 is 34.1 Å². The van der Waals surface area contributed by atoms with Crippen molar-refractivity contribution in [1.29, 1.82) is 0 Å². The Hall–Kier alpha value is -1.06. The first-order valence-electron chi connectivity index (χ1n) is 10.1. The summed E-state index contributed by atoms with van der Waals surface area (Å²) < 4.78 is 29.8. The predicted molar refractivity (Wildman–Crippen MR) is 111 cm³/mol. The Kier molecular flexibility index (Phi) is 7.73. The summed E-state index contributed by atoms with van der Waals surface area (Å²) in [5, 5.41) is 19.2. The third-order valence-corrected chi connectivity index (χ3v) is 8.30. The van der Waals surface area contributed by atoms with Gasteiger partial charge in [0.05, 0.1) is 11.7 Å². The van der Waals surface area contributed by atoms with Crippen molar-refractivity contribution in [2.24, 2.45) is 0 Å². The molecule has 0 radical (unpaired) electrons. The molecule has 172 valence electrons. The summed E-state index contributed by atoms with van der Waals surface area (Å²) in [6, 6.07) is 3.02. The van der Waals surface area contributed by atoms with Crippen molar-refractivity contribution in [3.63, 3.8) is 0 Å². The van der Waals surface area contributed by atoms with Gasteiger partial charge in [-0.2, -0.15) is 0 Å². The molecular formula is C20H34NO8P. The van der Waals surface area contributed by atoms with Crippen LogP contribution in [-0.2, 0) is 18.6 Å². The zero-order valence-corrected chi connectivity index (χ0v) is 19.3. The molecule has 0 saturated carbocycles. The van der Waals surface area contributed by atoms with Crippen molar-refractivity contribution in [3.8, 4) is 0 Å². The zero-order chi connectivity index (χ0) is 22.9. The van der Waals surface area contributed by atoms with Crippen molar-refractivity contribution in [3.05, 3.63) is 33.7 Å². The molecule has 4 unspecified atom stereocenters. The molecule has 1 aromatic rings. The van der Waals surface area contributed by atoms with E-state index >= 15 is 0 Å². The highest BCUT2D eigenvalue weighted by atomic mass is 31.2. The average Bonchev–Trinajstić information content (AvgIpc) is 2.96. The minimum absolute atomic E-state index is 0.0441. The largest absolute Gasteiger partial charge is 0.388 e. The van der Waals surface area contributed by atoms with Crippen molar-refractivity contribution in [1.82, 2.24) is 4.98 Å². The van der Waals surface area contributed by atoms with Gasteiger partial charge in [-0.05, 0) is 39.7 Å². The Morgan fingerprint density at radius 3 is 2.40 bits per heavy atom. The lowest BCUT2D eigenvalue weighted by Gasteiger charge is -2.37. The molecule has 1 aromatic heterocycles. The molecule has 7 atom stereocenters. The highest BCUT2D eigenvalue weighted by molar-refractivity contribution is 7.54. The number of nitrogens with one attached hydrogen (secondary N) is 1. The molecule has 1 fully saturated rings. The number of aromatic nitrogens is 1. The standard InChI is InChI=1S/C20H34NO8P/c1-7-19(4,29-30(25,26)20(5,24)8-2)11-14-16(23)18(27-6)17(28-14)13-9-10-15(22)21-12(13)3/h9-10,14,16-18,23-24H,7-8,11H2,1-6H3,(H,21,22)(H,25,26)/t14-,16?,17+,18+,19?,20?/m1/s1. The van der Waals surface area contributed by atoms with E-state index in [0.29, 0.717) is 17.7 Å². The number of pyridine rings is 1. The van der Waals surface area contributed by atoms with E-state index in [2.05, 4.69) is 4.98 Å². The summed E-state index contributed by atoms with van der Waals surface area (Å²) in [6.45, 7) is 8.04. The molecule has 0 aromatic carbocycles. The fraction of sp³-hybridized carbons (Fsp3) is 0.750. The molecule has 0 amide bonds. The molecule has 9 nitrogen and oxygen atoms in total. The first-order chi connectivity index (χ1) is 13.8. The lowest BCUT2D eigenvalue weighted by atomic mass is 9.92. The first kappa shape index (κ1) is 25.2. The Morgan fingerprint density at radius 1 is 1.27 bits per heavy atom. The van der Waals surface area contributed by atoms with Gasteiger partial charge in [0.1, 0.15) is 18.3 Å². The predicted octanol–water partition coefficient (Wildman–Crippen LogP) is 2.38. The molecule has 1 saturated heterocycles. The number of aromatic amines is 1. The topological polar surface area (TPSA) is 138 Å². The summed E-state index contributed by atoms with van der Waals surface area (Å²) >= 11 is 0. The Morgan fingerprint density at radius 2 is 1.90 bits per heavy atom. The second-order valence-electron chi connectivity index (χ2n) is 8.38. The summed E-state index contributed by atoms with van der Waals surface area (Å²) in [7, 11) is -2.91. The summed E-state index contributed by atoms with van der Waals surface area (Å²) in [5.74, 6) is 0. The molecule has 2 heterocycles. The maximum atomic E-state index is 12.7. The van der Waals surface area contributed by atoms with Crippen LogP contribution in [0.2, 0.25) is 0 Å². The van der Waals surface area contributed by atoms with Crippen molar-refractivity contribution in [2.45, 2.75) is 89.2 Å². The normalized spacial score (nSPS) is 30.4. The Labute approximate surface area is 176 Å². The minimum Gasteiger partial charge on any atom is -0.388 e. The highest BCUT2D eigenvalue weighted by Crippen LogP contribution is 2.59. The molecule has 0 bridgehead atoms. The van der Waals surface area contributed by atoms with E-state index in [9.17, 15) is 24.5 Å². The summed E-state index contributed by atoms with van der Waals surface area (Å²) in [5.41, 5.74) is -0.0870. The van der Waals surface area contributed by atoms with Crippen molar-refractivity contribution >= 4 is 7.60 Å². The van der Waals surface area contributed by atoms with Gasteiger partial charge in [-0.3, -0.25) is 9.36 Å². The molecule has 1 aliphatic heterocycles. The Bertz CT molecular complexity index is 840. The van der Waals surface area contributed by atoms with Crippen LogP contribution in [0, 0.1) is 6.92 Å². The number of rotatable bonds is 9. The maximum absolute atomic E-state index is 12.7. The fourth-order valence-corrected chi connectivity index (χ4v) is 4.98. The number of aliphatic hydroxyl groups is 2. The van der Waals surface area contributed by atoms with Gasteiger partial charge in [-0.15, -0.1) is 0 Å². The molecule has 1 aliphatic rings. The van der Waals surface area contributed by atoms with Gasteiger partial charge in [0, 0.05) is 30.9 Å². The van der Waals surface area contributed by atoms with Crippen LogP contribution in [0.4, 0.5) is 0 Å². The quantitative estimate of drug-likeness (QED) is 0.423. The van der Waals surface area contributed by atoms with Crippen LogP contribution in [0.5, 0.6) is 0 Å². The number of H-pyrrole nitrogens is 1. The van der Waals surface area contributed by atoms with Gasteiger partial charge in [0.25, 0.3) is 0 Å². The highest BCUT2D eigenvalue weighted by Gasteiger charge is 2.51. The molecule has 30 heavy (non-hydrogen) atoms. The van der Waals surface area contributed by atoms with Gasteiger partial charge >= 0.3 is 7.60 Å². The van der Waals surface area contributed by atoms with Gasteiger partial charge in [0.15, 0.2) is 5.34 Å². The van der Waals surface area contributed by atoms with Crippen LogP contribution in [0.25, 0.3) is 0 Å². The van der Waals surface area contributed by atoms with Gasteiger partial charge in [0.2, 0.25) is 5.56 Å². The molecule has 0 spiro atoms. The van der Waals surface area contributed by atoms with Gasteiger partial charge in [-0.1, -0.05) is 13.8 Å². The third-order valence-electron chi connectivity index (χ3n) is 6.08. The van der Waals surface area contributed by atoms with Crippen molar-refractivity contribution < 1.29 is 33.7 Å². The second-order valence-corrected chi connectivity index (χ2v) is 10.6. The van der Waals surface area contributed by atoms with Gasteiger partial charge in [-0.25, -0.2) is 0 Å². The van der Waals surface area contributed by atoms with E-state index in [4.69, 9.17) is 14.0 Å². The fourth-order valence-electron chi connectivity index (χ4n) is 3.58. The van der Waals surface area contributed by atoms with Crippen LogP contribution in [0.15, 0.2) is 16.9 Å². The molecule has 4 N–H and O–H groups in total. The Balaban J connectivity index is 2.28. The van der Waals surface area contributed by atoms with Crippen LogP contribution < -0.4 is 5.56 Å². The monoisotopic (exact) mass is 447 g/mol. The number of ether oxygens (including phenoxy) is 2. The maximum Gasteiger partial charge on any atom is 0.359 e. The lowest BCUT2D eigenvalue weighted by Crippen LogP contribution is -2.40. The van der Waals surface area contributed by atoms with Crippen LogP contribution in [0.1, 0.15) is 64.3 Å². The molecular weight excluding hydrogens is 413 g/mol. The average molecular weight is 447 g/mol. The van der Waals surface area contributed by atoms with E-state index in [1.54, 1.807) is 33.8 Å². The first-order valence-corrected chi connectivity index (χ1v) is 11.7. The number of aliphatic hydroxyl groups excluding tert-OH is 1. The number of hydrogen-bond donors (Lipinski definition) is 4. The number of hydrogen-bond acceptors (Lipinski definition) is 7. The SMILES string of the molecule is CCC(C)(C[C@H]1O[C@@H](c2ccc(=O)[nH]c2C)[C@@H](OC)C1O)OP(=O)(O)C(C)(O)CC. The molecule has 0 aliphatic carbocycles. The van der Waals surface area contributed by atoms with Crippen LogP contribution in [-0.4, -0.2) is 56.5 Å². The zero-order valence-electron chi connectivity index (χ0n) is 18.4. The molecule has 2 rings (SSSR count). The van der Waals surface area contributed by atoms with E-state index in [-0.39, 0.29) is 18.4 Å². The summed E-state index contributed by atoms with van der Waals surface area (Å²) in [4.78, 5) is 24.6. The smallest absolute Gasteiger partial charge is 0.359 e. The summed E-state index contributed by atoms with van der Waals surface area (Å²) in [6.07, 6.45) is -2.60. The molecule has 10 heteroatoms. The number of methoxy groups -OCH3 is 1. The van der Waals surface area contributed by atoms with Crippen LogP contribution in [0.3, 0.4) is 0 Å². The van der Waals surface area contributed by atoms with E-state index < -0.39 is 43.0 Å². The third kappa shape index (κ3) is 5.05. The van der Waals surface area contributed by atoms with E-state index in [1.165, 1.54) is 20.1 Å². The second kappa shape index (κ2) is 9.20.